The maximum atomic E-state index is 11.6. The Morgan fingerprint density at radius 3 is 2.83 bits per heavy atom. The zero-order chi connectivity index (χ0) is 13.4. The molecule has 0 spiro atoms. The van der Waals surface area contributed by atoms with E-state index < -0.39 is 0 Å². The van der Waals surface area contributed by atoms with Crippen molar-refractivity contribution in [1.29, 1.82) is 0 Å². The molecule has 0 atom stereocenters. The van der Waals surface area contributed by atoms with Crippen LogP contribution in [0.1, 0.15) is 23.4 Å². The lowest BCUT2D eigenvalue weighted by Gasteiger charge is -2.09. The number of aryl methyl sites for hydroxylation is 1. The molecule has 0 saturated heterocycles. The van der Waals surface area contributed by atoms with Gasteiger partial charge in [-0.15, -0.1) is 5.10 Å². The normalized spacial score (nSPS) is 10.9. The number of aromatic amines is 1. The average molecular weight is 255 g/mol. The Balaban J connectivity index is 2.13. The highest BCUT2D eigenvalue weighted by molar-refractivity contribution is 5.90. The van der Waals surface area contributed by atoms with E-state index in [0.29, 0.717) is 25.6 Å². The minimum Gasteiger partial charge on any atom is -0.378 e. The third-order valence-electron chi connectivity index (χ3n) is 2.28. The molecule has 18 heavy (non-hydrogen) atoms. The van der Waals surface area contributed by atoms with Crippen LogP contribution in [0.15, 0.2) is 0 Å². The monoisotopic (exact) mass is 255 g/mol. The van der Waals surface area contributed by atoms with Gasteiger partial charge in [-0.25, -0.2) is 4.98 Å². The Bertz CT molecular complexity index is 364. The summed E-state index contributed by atoms with van der Waals surface area (Å²) in [7, 11) is 3.97. The van der Waals surface area contributed by atoms with Crippen molar-refractivity contribution in [2.75, 3.05) is 40.4 Å². The van der Waals surface area contributed by atoms with Gasteiger partial charge in [0, 0.05) is 19.5 Å². The lowest BCUT2D eigenvalue weighted by atomic mass is 10.4. The number of rotatable bonds is 8. The molecular weight excluding hydrogens is 234 g/mol. The average Bonchev–Trinajstić information content (AvgIpc) is 2.81. The Morgan fingerprint density at radius 2 is 2.22 bits per heavy atom. The summed E-state index contributed by atoms with van der Waals surface area (Å²) in [6, 6.07) is 0. The van der Waals surface area contributed by atoms with Gasteiger partial charge in [0.05, 0.1) is 13.2 Å². The van der Waals surface area contributed by atoms with Crippen LogP contribution in [0, 0.1) is 0 Å². The van der Waals surface area contributed by atoms with Crippen LogP contribution < -0.4 is 5.32 Å². The molecule has 0 aliphatic heterocycles. The molecule has 1 rings (SSSR count). The summed E-state index contributed by atoms with van der Waals surface area (Å²) < 4.78 is 5.35. The standard InChI is InChI=1S/C11H21N5O2/c1-4-9-13-10(15-14-9)11(17)12-5-7-18-8-6-16(2)3/h4-8H2,1-3H3,(H,12,17)(H,13,14,15). The van der Waals surface area contributed by atoms with Gasteiger partial charge in [-0.1, -0.05) is 6.92 Å². The minimum absolute atomic E-state index is 0.181. The lowest BCUT2D eigenvalue weighted by molar-refractivity contribution is 0.0891. The van der Waals surface area contributed by atoms with Gasteiger partial charge in [0.15, 0.2) is 0 Å². The first-order valence-electron chi connectivity index (χ1n) is 6.05. The number of hydrogen-bond acceptors (Lipinski definition) is 5. The van der Waals surface area contributed by atoms with Gasteiger partial charge in [0.25, 0.3) is 5.91 Å². The molecule has 1 aromatic heterocycles. The van der Waals surface area contributed by atoms with E-state index in [2.05, 4.69) is 20.5 Å². The van der Waals surface area contributed by atoms with Gasteiger partial charge >= 0.3 is 0 Å². The van der Waals surface area contributed by atoms with E-state index in [4.69, 9.17) is 4.74 Å². The van der Waals surface area contributed by atoms with Crippen molar-refractivity contribution in [2.45, 2.75) is 13.3 Å². The molecule has 1 aromatic rings. The third kappa shape index (κ3) is 5.24. The number of amides is 1. The number of carbonyl (C=O) groups excluding carboxylic acids is 1. The Kier molecular flexibility index (Phi) is 6.31. The predicted molar refractivity (Wildman–Crippen MR) is 67.5 cm³/mol. The SMILES string of the molecule is CCc1nc(C(=O)NCCOCCN(C)C)n[nH]1. The number of likely N-dealkylation sites (N-methyl/N-ethyl adjacent to an activating group) is 1. The third-order valence-corrected chi connectivity index (χ3v) is 2.28. The van der Waals surface area contributed by atoms with Crippen molar-refractivity contribution in [1.82, 2.24) is 25.4 Å². The first kappa shape index (κ1) is 14.6. The fraction of sp³-hybridized carbons (Fsp3) is 0.727. The van der Waals surface area contributed by atoms with E-state index in [-0.39, 0.29) is 11.7 Å². The molecule has 1 heterocycles. The topological polar surface area (TPSA) is 83.1 Å². The van der Waals surface area contributed by atoms with Gasteiger partial charge in [-0.05, 0) is 14.1 Å². The van der Waals surface area contributed by atoms with Gasteiger partial charge in [0.2, 0.25) is 5.82 Å². The molecule has 7 nitrogen and oxygen atoms in total. The van der Waals surface area contributed by atoms with Crippen LogP contribution in [0.25, 0.3) is 0 Å². The smallest absolute Gasteiger partial charge is 0.291 e. The van der Waals surface area contributed by atoms with Crippen molar-refractivity contribution in [3.8, 4) is 0 Å². The molecule has 7 heteroatoms. The van der Waals surface area contributed by atoms with Crippen molar-refractivity contribution in [3.05, 3.63) is 11.6 Å². The molecule has 1 amide bonds. The van der Waals surface area contributed by atoms with Crippen LogP contribution in [-0.4, -0.2) is 66.4 Å². The molecule has 0 saturated carbocycles. The molecule has 0 fully saturated rings. The summed E-state index contributed by atoms with van der Waals surface area (Å²) in [6.45, 7) is 4.42. The van der Waals surface area contributed by atoms with E-state index in [9.17, 15) is 4.79 Å². The molecule has 0 radical (unpaired) electrons. The summed E-state index contributed by atoms with van der Waals surface area (Å²) in [5.41, 5.74) is 0. The van der Waals surface area contributed by atoms with Crippen molar-refractivity contribution in [2.24, 2.45) is 0 Å². The lowest BCUT2D eigenvalue weighted by Crippen LogP contribution is -2.29. The molecular formula is C11H21N5O2. The van der Waals surface area contributed by atoms with Gasteiger partial charge < -0.3 is 15.0 Å². The van der Waals surface area contributed by atoms with E-state index in [1.165, 1.54) is 0 Å². The van der Waals surface area contributed by atoms with Crippen LogP contribution in [0.2, 0.25) is 0 Å². The Labute approximate surface area is 107 Å². The van der Waals surface area contributed by atoms with E-state index in [1.807, 2.05) is 25.9 Å². The molecule has 0 unspecified atom stereocenters. The second-order valence-electron chi connectivity index (χ2n) is 4.13. The summed E-state index contributed by atoms with van der Waals surface area (Å²) >= 11 is 0. The summed E-state index contributed by atoms with van der Waals surface area (Å²) in [5, 5.41) is 9.23. The second-order valence-corrected chi connectivity index (χ2v) is 4.13. The van der Waals surface area contributed by atoms with E-state index >= 15 is 0 Å². The highest BCUT2D eigenvalue weighted by Gasteiger charge is 2.10. The molecule has 2 N–H and O–H groups in total. The van der Waals surface area contributed by atoms with Crippen LogP contribution in [0.3, 0.4) is 0 Å². The first-order chi connectivity index (χ1) is 8.63. The summed E-state index contributed by atoms with van der Waals surface area (Å²) in [4.78, 5) is 17.7. The maximum absolute atomic E-state index is 11.6. The summed E-state index contributed by atoms with van der Waals surface area (Å²) in [5.74, 6) is 0.615. The van der Waals surface area contributed by atoms with Crippen LogP contribution in [0.5, 0.6) is 0 Å². The zero-order valence-corrected chi connectivity index (χ0v) is 11.2. The molecule has 0 bridgehead atoms. The van der Waals surface area contributed by atoms with Crippen molar-refractivity contribution in [3.63, 3.8) is 0 Å². The molecule has 102 valence electrons. The highest BCUT2D eigenvalue weighted by atomic mass is 16.5. The number of aromatic nitrogens is 3. The van der Waals surface area contributed by atoms with Crippen molar-refractivity contribution >= 4 is 5.91 Å². The number of carbonyl (C=O) groups is 1. The summed E-state index contributed by atoms with van der Waals surface area (Å²) in [6.07, 6.45) is 0.730. The Hall–Kier alpha value is -1.47. The number of hydrogen-bond donors (Lipinski definition) is 2. The predicted octanol–water partition coefficient (Wildman–Crippen LogP) is -0.325. The van der Waals surface area contributed by atoms with Crippen LogP contribution >= 0.6 is 0 Å². The molecule has 0 aromatic carbocycles. The minimum atomic E-state index is -0.276. The fourth-order valence-electron chi connectivity index (χ4n) is 1.22. The quantitative estimate of drug-likeness (QED) is 0.622. The maximum Gasteiger partial charge on any atom is 0.291 e. The number of nitrogens with zero attached hydrogens (tertiary/aromatic N) is 3. The second kappa shape index (κ2) is 7.78. The van der Waals surface area contributed by atoms with E-state index in [1.54, 1.807) is 0 Å². The van der Waals surface area contributed by atoms with Crippen molar-refractivity contribution < 1.29 is 9.53 Å². The number of ether oxygens (including phenoxy) is 1. The number of H-pyrrole nitrogens is 1. The van der Waals surface area contributed by atoms with Crippen LogP contribution in [0.4, 0.5) is 0 Å². The fourth-order valence-corrected chi connectivity index (χ4v) is 1.22. The van der Waals surface area contributed by atoms with Gasteiger partial charge in [-0.2, -0.15) is 0 Å². The van der Waals surface area contributed by atoms with Crippen LogP contribution in [-0.2, 0) is 11.2 Å². The molecule has 0 aliphatic rings. The Morgan fingerprint density at radius 1 is 1.44 bits per heavy atom. The first-order valence-corrected chi connectivity index (χ1v) is 6.05. The number of nitrogens with one attached hydrogen (secondary N) is 2. The van der Waals surface area contributed by atoms with Gasteiger partial charge in [-0.3, -0.25) is 9.89 Å². The van der Waals surface area contributed by atoms with Gasteiger partial charge in [0.1, 0.15) is 5.82 Å². The zero-order valence-electron chi connectivity index (χ0n) is 11.2. The highest BCUT2D eigenvalue weighted by Crippen LogP contribution is 1.92. The molecule has 0 aliphatic carbocycles. The largest absolute Gasteiger partial charge is 0.378 e. The van der Waals surface area contributed by atoms with E-state index in [0.717, 1.165) is 13.0 Å².